The summed E-state index contributed by atoms with van der Waals surface area (Å²) in [6.07, 6.45) is -5.41. The van der Waals surface area contributed by atoms with E-state index in [0.29, 0.717) is 12.8 Å². The van der Waals surface area contributed by atoms with Crippen molar-refractivity contribution in [3.8, 4) is 0 Å². The number of rotatable bonds is 16. The Bertz CT molecular complexity index is 409. The van der Waals surface area contributed by atoms with E-state index >= 15 is 0 Å². The molecule has 0 bridgehead atoms. The van der Waals surface area contributed by atoms with Gasteiger partial charge in [-0.2, -0.15) is 4.89 Å². The summed E-state index contributed by atoms with van der Waals surface area (Å²) in [6, 6.07) is 0. The maximum Gasteiger partial charge on any atom is 0.524 e. The van der Waals surface area contributed by atoms with Crippen LogP contribution in [0, 0.1) is 0 Å². The second-order valence-electron chi connectivity index (χ2n) is 6.50. The molecule has 0 fully saturated rings. The number of hydrogen-bond acceptors (Lipinski definition) is 7. The van der Waals surface area contributed by atoms with E-state index in [2.05, 4.69) is 4.74 Å². The van der Waals surface area contributed by atoms with E-state index in [1.54, 1.807) is 20.8 Å². The third-order valence-corrected chi connectivity index (χ3v) is 3.59. The third-order valence-electron chi connectivity index (χ3n) is 3.59. The zero-order valence-corrected chi connectivity index (χ0v) is 17.9. The number of alkyl halides is 3. The van der Waals surface area contributed by atoms with Gasteiger partial charge in [0, 0.05) is 13.7 Å². The third kappa shape index (κ3) is 8.48. The van der Waals surface area contributed by atoms with Crippen LogP contribution in [0.15, 0.2) is 0 Å². The van der Waals surface area contributed by atoms with Crippen LogP contribution >= 0.6 is 0 Å². The minimum atomic E-state index is -4.99. The molecule has 0 saturated carbocycles. The number of unbranched alkanes of at least 4 members (excludes halogenated alkanes) is 1. The van der Waals surface area contributed by atoms with Crippen molar-refractivity contribution in [1.29, 1.82) is 0 Å². The van der Waals surface area contributed by atoms with Crippen LogP contribution < -0.4 is 0 Å². The van der Waals surface area contributed by atoms with Crippen molar-refractivity contribution in [3.05, 3.63) is 0 Å². The molecular weight excluding hydrogens is 385 g/mol. The summed E-state index contributed by atoms with van der Waals surface area (Å²) < 4.78 is 65.4. The molecule has 10 heteroatoms. The van der Waals surface area contributed by atoms with Gasteiger partial charge in [-0.1, -0.05) is 20.3 Å². The van der Waals surface area contributed by atoms with Gasteiger partial charge in [-0.15, -0.1) is 13.2 Å². The Kier molecular flexibility index (Phi) is 12.7. The second-order valence-corrected chi connectivity index (χ2v) is 6.50. The summed E-state index contributed by atoms with van der Waals surface area (Å²) in [5.74, 6) is -2.17. The highest BCUT2D eigenvalue weighted by molar-refractivity contribution is 4.91. The van der Waals surface area contributed by atoms with Gasteiger partial charge in [-0.05, 0) is 40.5 Å². The monoisotopic (exact) mass is 420 g/mol. The zero-order valence-electron chi connectivity index (χ0n) is 17.9. The quantitative estimate of drug-likeness (QED) is 0.157. The Balaban J connectivity index is 6.13. The highest BCUT2D eigenvalue weighted by atomic mass is 19.4. The molecule has 0 aromatic rings. The molecule has 0 spiro atoms. The van der Waals surface area contributed by atoms with E-state index < -0.39 is 30.3 Å². The Morgan fingerprint density at radius 2 is 1.54 bits per heavy atom. The van der Waals surface area contributed by atoms with Crippen molar-refractivity contribution in [3.63, 3.8) is 0 Å². The average Bonchev–Trinajstić information content (AvgIpc) is 2.59. The lowest BCUT2D eigenvalue weighted by Gasteiger charge is -2.48. The van der Waals surface area contributed by atoms with Gasteiger partial charge in [0.2, 0.25) is 11.9 Å². The molecule has 0 rings (SSSR count). The molecule has 170 valence electrons. The van der Waals surface area contributed by atoms with Crippen LogP contribution in [0.2, 0.25) is 0 Å². The summed E-state index contributed by atoms with van der Waals surface area (Å²) in [7, 11) is 1.06. The summed E-state index contributed by atoms with van der Waals surface area (Å²) in [5, 5.41) is 0. The molecule has 7 nitrogen and oxygen atoms in total. The largest absolute Gasteiger partial charge is 0.524 e. The highest BCUT2D eigenvalue weighted by Crippen LogP contribution is 2.40. The molecule has 0 saturated heterocycles. The molecule has 0 aromatic carbocycles. The van der Waals surface area contributed by atoms with E-state index in [9.17, 15) is 13.2 Å². The van der Waals surface area contributed by atoms with Crippen LogP contribution in [0.25, 0.3) is 0 Å². The second kappa shape index (κ2) is 12.9. The maximum absolute atomic E-state index is 13.0. The average molecular weight is 420 g/mol. The number of ether oxygens (including phenoxy) is 5. The van der Waals surface area contributed by atoms with Gasteiger partial charge >= 0.3 is 12.3 Å². The predicted molar refractivity (Wildman–Crippen MR) is 95.1 cm³/mol. The van der Waals surface area contributed by atoms with E-state index in [0.717, 1.165) is 13.5 Å². The standard InChI is InChI=1S/C18H35F3O7/c1-8-11-13-25-28-17(24-12-9-2,26-14(4)5)16(6,23-10-3)15(22-7)27-18(19,20)21/h14-15H,8-13H2,1-7H3. The zero-order chi connectivity index (χ0) is 21.8. The van der Waals surface area contributed by atoms with Crippen LogP contribution in [0.4, 0.5) is 13.2 Å². The smallest absolute Gasteiger partial charge is 0.362 e. The first-order chi connectivity index (χ1) is 13.0. The van der Waals surface area contributed by atoms with Gasteiger partial charge < -0.3 is 18.9 Å². The SMILES string of the molecule is CCCCOOC(OCCC)(OC(C)C)C(C)(OCC)C(OC)OC(F)(F)F. The number of hydrogen-bond donors (Lipinski definition) is 0. The highest BCUT2D eigenvalue weighted by Gasteiger charge is 2.63. The Morgan fingerprint density at radius 3 is 1.96 bits per heavy atom. The Morgan fingerprint density at radius 1 is 0.893 bits per heavy atom. The lowest BCUT2D eigenvalue weighted by atomic mass is 10.0. The van der Waals surface area contributed by atoms with Gasteiger partial charge in [-0.25, -0.2) is 4.89 Å². The van der Waals surface area contributed by atoms with Crippen molar-refractivity contribution >= 4 is 0 Å². The van der Waals surface area contributed by atoms with E-state index in [4.69, 9.17) is 28.7 Å². The molecule has 0 aliphatic rings. The van der Waals surface area contributed by atoms with Crippen LogP contribution in [0.1, 0.15) is 60.8 Å². The summed E-state index contributed by atoms with van der Waals surface area (Å²) in [5.41, 5.74) is -1.99. The topological polar surface area (TPSA) is 64.6 Å². The van der Waals surface area contributed by atoms with E-state index in [1.165, 1.54) is 6.92 Å². The summed E-state index contributed by atoms with van der Waals surface area (Å²) in [4.78, 5) is 10.7. The lowest BCUT2D eigenvalue weighted by molar-refractivity contribution is -0.567. The van der Waals surface area contributed by atoms with Crippen LogP contribution in [0.5, 0.6) is 0 Å². The molecule has 0 aromatic heterocycles. The Hall–Kier alpha value is -0.490. The first kappa shape index (κ1) is 27.5. The molecule has 0 heterocycles. The first-order valence-electron chi connectivity index (χ1n) is 9.55. The first-order valence-corrected chi connectivity index (χ1v) is 9.55. The van der Waals surface area contributed by atoms with Crippen LogP contribution in [-0.2, 0) is 33.5 Å². The number of halogens is 3. The van der Waals surface area contributed by atoms with E-state index in [-0.39, 0.29) is 19.8 Å². The molecule has 0 radical (unpaired) electrons. The van der Waals surface area contributed by atoms with Gasteiger partial charge in [0.1, 0.15) is 0 Å². The maximum atomic E-state index is 13.0. The van der Waals surface area contributed by atoms with Gasteiger partial charge in [0.15, 0.2) is 0 Å². The molecule has 3 atom stereocenters. The normalized spacial score (nSPS) is 18.1. The van der Waals surface area contributed by atoms with Crippen LogP contribution in [0.3, 0.4) is 0 Å². The molecule has 0 aliphatic carbocycles. The molecule has 0 N–H and O–H groups in total. The van der Waals surface area contributed by atoms with Gasteiger partial charge in [-0.3, -0.25) is 4.74 Å². The molecule has 0 amide bonds. The molecule has 3 unspecified atom stereocenters. The van der Waals surface area contributed by atoms with Gasteiger partial charge in [0.05, 0.1) is 19.3 Å². The van der Waals surface area contributed by atoms with E-state index in [1.807, 2.05) is 13.8 Å². The molecule has 28 heavy (non-hydrogen) atoms. The number of methoxy groups -OCH3 is 1. The van der Waals surface area contributed by atoms with Crippen LogP contribution in [-0.4, -0.2) is 57.3 Å². The fourth-order valence-electron chi connectivity index (χ4n) is 2.40. The Labute approximate surface area is 165 Å². The van der Waals surface area contributed by atoms with Crippen molar-refractivity contribution < 1.29 is 46.6 Å². The minimum Gasteiger partial charge on any atom is -0.362 e. The van der Waals surface area contributed by atoms with Crippen molar-refractivity contribution in [2.24, 2.45) is 0 Å². The molecule has 0 aliphatic heterocycles. The lowest BCUT2D eigenvalue weighted by Crippen LogP contribution is -2.67. The summed E-state index contributed by atoms with van der Waals surface area (Å²) >= 11 is 0. The summed E-state index contributed by atoms with van der Waals surface area (Å²) in [6.45, 7) is 10.4. The van der Waals surface area contributed by atoms with Crippen molar-refractivity contribution in [2.45, 2.75) is 91.1 Å². The van der Waals surface area contributed by atoms with Crippen molar-refractivity contribution in [2.75, 3.05) is 26.9 Å². The predicted octanol–water partition coefficient (Wildman–Crippen LogP) is 4.54. The molecular formula is C18H35F3O7. The fourth-order valence-corrected chi connectivity index (χ4v) is 2.40. The van der Waals surface area contributed by atoms with Crippen molar-refractivity contribution in [1.82, 2.24) is 0 Å². The minimum absolute atomic E-state index is 0.00852. The van der Waals surface area contributed by atoms with Gasteiger partial charge in [0.25, 0.3) is 0 Å². The fraction of sp³-hybridized carbons (Fsp3) is 1.00.